The van der Waals surface area contributed by atoms with Crippen LogP contribution in [0.4, 0.5) is 0 Å². The molecule has 96 valence electrons. The zero-order chi connectivity index (χ0) is 12.0. The second kappa shape index (κ2) is 6.58. The summed E-state index contributed by atoms with van der Waals surface area (Å²) in [7, 11) is 1.84. The van der Waals surface area contributed by atoms with Crippen LogP contribution in [0.3, 0.4) is 0 Å². The molecule has 16 heavy (non-hydrogen) atoms. The highest BCUT2D eigenvalue weighted by atomic mass is 16.5. The molecule has 0 aromatic heterocycles. The van der Waals surface area contributed by atoms with Gasteiger partial charge in [0.2, 0.25) is 0 Å². The summed E-state index contributed by atoms with van der Waals surface area (Å²) in [4.78, 5) is 2.59. The first-order valence-corrected chi connectivity index (χ1v) is 6.65. The van der Waals surface area contributed by atoms with Gasteiger partial charge in [0, 0.05) is 26.2 Å². The lowest BCUT2D eigenvalue weighted by molar-refractivity contribution is -0.0613. The number of hydrogen-bond donors (Lipinski definition) is 1. The third-order valence-electron chi connectivity index (χ3n) is 3.80. The molecule has 1 rings (SSSR count). The van der Waals surface area contributed by atoms with Gasteiger partial charge in [0.05, 0.1) is 5.60 Å². The SMILES string of the molecule is CCNCC(CC)N1CCCC(C)(OC)C1. The maximum absolute atomic E-state index is 5.65. The van der Waals surface area contributed by atoms with E-state index in [2.05, 4.69) is 31.0 Å². The molecule has 1 heterocycles. The Morgan fingerprint density at radius 3 is 2.75 bits per heavy atom. The van der Waals surface area contributed by atoms with Crippen molar-refractivity contribution in [2.45, 2.75) is 51.7 Å². The van der Waals surface area contributed by atoms with Gasteiger partial charge >= 0.3 is 0 Å². The van der Waals surface area contributed by atoms with Crippen LogP contribution < -0.4 is 5.32 Å². The fourth-order valence-corrected chi connectivity index (χ4v) is 2.56. The molecule has 1 fully saturated rings. The number of methoxy groups -OCH3 is 1. The summed E-state index contributed by atoms with van der Waals surface area (Å²) < 4.78 is 5.65. The molecule has 0 spiro atoms. The second-order valence-corrected chi connectivity index (χ2v) is 5.10. The Morgan fingerprint density at radius 2 is 2.19 bits per heavy atom. The highest BCUT2D eigenvalue weighted by Gasteiger charge is 2.33. The van der Waals surface area contributed by atoms with Crippen LogP contribution in [-0.2, 0) is 4.74 Å². The molecule has 1 saturated heterocycles. The molecular formula is C13H28N2O. The van der Waals surface area contributed by atoms with Crippen LogP contribution in [0, 0.1) is 0 Å². The zero-order valence-electron chi connectivity index (χ0n) is 11.4. The van der Waals surface area contributed by atoms with Crippen molar-refractivity contribution in [1.82, 2.24) is 10.2 Å². The summed E-state index contributed by atoms with van der Waals surface area (Å²) in [6.07, 6.45) is 3.66. The molecule has 0 aliphatic carbocycles. The minimum absolute atomic E-state index is 0.0673. The van der Waals surface area contributed by atoms with Gasteiger partial charge in [0.25, 0.3) is 0 Å². The van der Waals surface area contributed by atoms with Crippen LogP contribution >= 0.6 is 0 Å². The molecule has 3 nitrogen and oxygen atoms in total. The van der Waals surface area contributed by atoms with E-state index in [1.807, 2.05) is 7.11 Å². The Kier molecular flexibility index (Phi) is 5.73. The van der Waals surface area contributed by atoms with Crippen molar-refractivity contribution in [3.63, 3.8) is 0 Å². The lowest BCUT2D eigenvalue weighted by atomic mass is 9.93. The van der Waals surface area contributed by atoms with E-state index in [9.17, 15) is 0 Å². The van der Waals surface area contributed by atoms with E-state index < -0.39 is 0 Å². The van der Waals surface area contributed by atoms with Crippen LogP contribution in [-0.4, -0.2) is 49.8 Å². The number of ether oxygens (including phenoxy) is 1. The topological polar surface area (TPSA) is 24.5 Å². The van der Waals surface area contributed by atoms with Crippen molar-refractivity contribution in [1.29, 1.82) is 0 Å². The zero-order valence-corrected chi connectivity index (χ0v) is 11.4. The molecule has 0 aromatic carbocycles. The van der Waals surface area contributed by atoms with Crippen LogP contribution in [0.2, 0.25) is 0 Å². The van der Waals surface area contributed by atoms with E-state index in [4.69, 9.17) is 4.74 Å². The number of nitrogens with one attached hydrogen (secondary N) is 1. The monoisotopic (exact) mass is 228 g/mol. The minimum Gasteiger partial charge on any atom is -0.377 e. The summed E-state index contributed by atoms with van der Waals surface area (Å²) in [6, 6.07) is 0.662. The average molecular weight is 228 g/mol. The Bertz CT molecular complexity index is 198. The molecule has 2 unspecified atom stereocenters. The van der Waals surface area contributed by atoms with E-state index in [0.717, 1.165) is 19.6 Å². The Hall–Kier alpha value is -0.120. The van der Waals surface area contributed by atoms with E-state index >= 15 is 0 Å². The standard InChI is InChI=1S/C13H28N2O/c1-5-12(10-14-6-2)15-9-7-8-13(3,11-15)16-4/h12,14H,5-11H2,1-4H3. The van der Waals surface area contributed by atoms with Crippen molar-refractivity contribution < 1.29 is 4.74 Å². The maximum Gasteiger partial charge on any atom is 0.0777 e. The first kappa shape index (κ1) is 13.9. The van der Waals surface area contributed by atoms with Crippen LogP contribution in [0.25, 0.3) is 0 Å². The third-order valence-corrected chi connectivity index (χ3v) is 3.80. The molecule has 1 aliphatic rings. The number of hydrogen-bond acceptors (Lipinski definition) is 3. The second-order valence-electron chi connectivity index (χ2n) is 5.10. The maximum atomic E-state index is 5.65. The molecule has 0 bridgehead atoms. The van der Waals surface area contributed by atoms with E-state index in [1.165, 1.54) is 25.8 Å². The van der Waals surface area contributed by atoms with Crippen LogP contribution in [0.1, 0.15) is 40.0 Å². The number of piperidine rings is 1. The summed E-state index contributed by atoms with van der Waals surface area (Å²) >= 11 is 0. The number of likely N-dealkylation sites (N-methyl/N-ethyl adjacent to an activating group) is 1. The Morgan fingerprint density at radius 1 is 1.44 bits per heavy atom. The van der Waals surface area contributed by atoms with Gasteiger partial charge in [-0.1, -0.05) is 13.8 Å². The fourth-order valence-electron chi connectivity index (χ4n) is 2.56. The molecule has 0 amide bonds. The molecule has 0 radical (unpaired) electrons. The normalized spacial score (nSPS) is 29.2. The van der Waals surface area contributed by atoms with Gasteiger partial charge in [-0.3, -0.25) is 4.90 Å². The van der Waals surface area contributed by atoms with Gasteiger partial charge in [0.1, 0.15) is 0 Å². The third kappa shape index (κ3) is 3.72. The fraction of sp³-hybridized carbons (Fsp3) is 1.00. The van der Waals surface area contributed by atoms with Crippen molar-refractivity contribution in [3.05, 3.63) is 0 Å². The van der Waals surface area contributed by atoms with Crippen molar-refractivity contribution in [3.8, 4) is 0 Å². The lowest BCUT2D eigenvalue weighted by Crippen LogP contribution is -2.53. The van der Waals surface area contributed by atoms with Crippen molar-refractivity contribution >= 4 is 0 Å². The predicted octanol–water partition coefficient (Wildman–Crippen LogP) is 1.88. The molecule has 2 atom stereocenters. The van der Waals surface area contributed by atoms with E-state index in [-0.39, 0.29) is 5.60 Å². The Balaban J connectivity index is 2.50. The minimum atomic E-state index is 0.0673. The van der Waals surface area contributed by atoms with Crippen molar-refractivity contribution in [2.75, 3.05) is 33.3 Å². The molecule has 1 aliphatic heterocycles. The molecular weight excluding hydrogens is 200 g/mol. The Labute approximate surface area is 101 Å². The molecule has 0 saturated carbocycles. The van der Waals surface area contributed by atoms with E-state index in [1.54, 1.807) is 0 Å². The van der Waals surface area contributed by atoms with Crippen LogP contribution in [0.5, 0.6) is 0 Å². The van der Waals surface area contributed by atoms with Gasteiger partial charge < -0.3 is 10.1 Å². The van der Waals surface area contributed by atoms with Gasteiger partial charge in [-0.05, 0) is 39.3 Å². The molecule has 0 aromatic rings. The van der Waals surface area contributed by atoms with Crippen LogP contribution in [0.15, 0.2) is 0 Å². The van der Waals surface area contributed by atoms with Gasteiger partial charge in [-0.2, -0.15) is 0 Å². The van der Waals surface area contributed by atoms with Gasteiger partial charge in [-0.15, -0.1) is 0 Å². The average Bonchev–Trinajstić information content (AvgIpc) is 2.30. The molecule has 1 N–H and O–H groups in total. The summed E-state index contributed by atoms with van der Waals surface area (Å²) in [6.45, 7) is 11.1. The lowest BCUT2D eigenvalue weighted by Gasteiger charge is -2.43. The molecule has 3 heteroatoms. The summed E-state index contributed by atoms with van der Waals surface area (Å²) in [5.41, 5.74) is 0.0673. The number of likely N-dealkylation sites (tertiary alicyclic amines) is 1. The number of nitrogens with zero attached hydrogens (tertiary/aromatic N) is 1. The first-order valence-electron chi connectivity index (χ1n) is 6.65. The smallest absolute Gasteiger partial charge is 0.0777 e. The predicted molar refractivity (Wildman–Crippen MR) is 68.8 cm³/mol. The first-order chi connectivity index (χ1) is 7.65. The van der Waals surface area contributed by atoms with E-state index in [0.29, 0.717) is 6.04 Å². The largest absolute Gasteiger partial charge is 0.377 e. The summed E-state index contributed by atoms with van der Waals surface area (Å²) in [5.74, 6) is 0. The number of rotatable bonds is 6. The van der Waals surface area contributed by atoms with Crippen molar-refractivity contribution in [2.24, 2.45) is 0 Å². The van der Waals surface area contributed by atoms with Gasteiger partial charge in [0.15, 0.2) is 0 Å². The van der Waals surface area contributed by atoms with Gasteiger partial charge in [-0.25, -0.2) is 0 Å². The highest BCUT2D eigenvalue weighted by Crippen LogP contribution is 2.25. The highest BCUT2D eigenvalue weighted by molar-refractivity contribution is 4.88. The summed E-state index contributed by atoms with van der Waals surface area (Å²) in [5, 5.41) is 3.46. The quantitative estimate of drug-likeness (QED) is 0.751.